The van der Waals surface area contributed by atoms with Crippen molar-refractivity contribution >= 4 is 52.4 Å². The van der Waals surface area contributed by atoms with Crippen molar-refractivity contribution < 1.29 is 19.1 Å². The Bertz CT molecular complexity index is 855. The lowest BCUT2D eigenvalue weighted by Gasteiger charge is -2.13. The van der Waals surface area contributed by atoms with Crippen molar-refractivity contribution in [3.8, 4) is 5.75 Å². The standard InChI is InChI=1S/C19H18Cl3NO4/c1-3-12-6-4-5-11(2)19(12)23-17(24)9-27-18(25)10-26-16-8-14(21)13(20)7-15(16)22/h4-8H,3,9-10H2,1-2H3,(H,23,24). The Morgan fingerprint density at radius 2 is 1.74 bits per heavy atom. The predicted molar refractivity (Wildman–Crippen MR) is 107 cm³/mol. The number of rotatable bonds is 7. The highest BCUT2D eigenvalue weighted by atomic mass is 35.5. The number of benzene rings is 2. The molecule has 0 heterocycles. The Labute approximate surface area is 172 Å². The minimum Gasteiger partial charge on any atom is -0.480 e. The molecule has 2 aromatic carbocycles. The molecular formula is C19H18Cl3NO4. The summed E-state index contributed by atoms with van der Waals surface area (Å²) in [6, 6.07) is 8.57. The third-order valence-corrected chi connectivity index (χ3v) is 4.71. The van der Waals surface area contributed by atoms with Gasteiger partial charge in [0.05, 0.1) is 15.1 Å². The molecule has 2 aromatic rings. The van der Waals surface area contributed by atoms with Crippen LogP contribution in [0.4, 0.5) is 5.69 Å². The summed E-state index contributed by atoms with van der Waals surface area (Å²) in [5, 5.41) is 3.50. The Morgan fingerprint density at radius 1 is 1.04 bits per heavy atom. The van der Waals surface area contributed by atoms with Crippen LogP contribution in [0.15, 0.2) is 30.3 Å². The van der Waals surface area contributed by atoms with Gasteiger partial charge in [0.1, 0.15) is 5.75 Å². The van der Waals surface area contributed by atoms with Gasteiger partial charge in [-0.25, -0.2) is 4.79 Å². The van der Waals surface area contributed by atoms with E-state index in [9.17, 15) is 9.59 Å². The number of aryl methyl sites for hydroxylation is 2. The van der Waals surface area contributed by atoms with Crippen LogP contribution in [-0.2, 0) is 20.7 Å². The van der Waals surface area contributed by atoms with Gasteiger partial charge in [0, 0.05) is 11.8 Å². The molecule has 0 radical (unpaired) electrons. The number of esters is 1. The molecular weight excluding hydrogens is 413 g/mol. The molecule has 27 heavy (non-hydrogen) atoms. The first kappa shape index (κ1) is 21.4. The molecule has 1 N–H and O–H groups in total. The SMILES string of the molecule is CCc1cccc(C)c1NC(=O)COC(=O)COc1cc(Cl)c(Cl)cc1Cl. The summed E-state index contributed by atoms with van der Waals surface area (Å²) in [6.07, 6.45) is 0.773. The van der Waals surface area contributed by atoms with Gasteiger partial charge >= 0.3 is 5.97 Å². The first-order valence-corrected chi connectivity index (χ1v) is 9.26. The van der Waals surface area contributed by atoms with Crippen LogP contribution in [0.1, 0.15) is 18.1 Å². The molecule has 0 spiro atoms. The van der Waals surface area contributed by atoms with Crippen molar-refractivity contribution in [1.29, 1.82) is 0 Å². The third-order valence-electron chi connectivity index (χ3n) is 3.69. The number of amides is 1. The van der Waals surface area contributed by atoms with Gasteiger partial charge in [0.15, 0.2) is 13.2 Å². The van der Waals surface area contributed by atoms with Gasteiger partial charge < -0.3 is 14.8 Å². The van der Waals surface area contributed by atoms with Crippen LogP contribution in [0.3, 0.4) is 0 Å². The summed E-state index contributed by atoms with van der Waals surface area (Å²) in [4.78, 5) is 23.9. The second kappa shape index (κ2) is 9.83. The fourth-order valence-electron chi connectivity index (χ4n) is 2.32. The molecule has 0 fully saturated rings. The summed E-state index contributed by atoms with van der Waals surface area (Å²) in [5.74, 6) is -0.951. The van der Waals surface area contributed by atoms with E-state index in [0.717, 1.165) is 23.2 Å². The predicted octanol–water partition coefficient (Wildman–Crippen LogP) is 5.08. The molecule has 0 aliphatic carbocycles. The van der Waals surface area contributed by atoms with Gasteiger partial charge in [-0.1, -0.05) is 59.9 Å². The highest BCUT2D eigenvalue weighted by Crippen LogP contribution is 2.33. The molecule has 2 rings (SSSR count). The molecule has 144 valence electrons. The number of carbonyl (C=O) groups is 2. The number of halogens is 3. The van der Waals surface area contributed by atoms with Gasteiger partial charge in [-0.3, -0.25) is 4.79 Å². The van der Waals surface area contributed by atoms with Crippen LogP contribution in [0.2, 0.25) is 15.1 Å². The maximum Gasteiger partial charge on any atom is 0.344 e. The maximum atomic E-state index is 12.1. The fraction of sp³-hybridized carbons (Fsp3) is 0.263. The summed E-state index contributed by atoms with van der Waals surface area (Å²) in [6.45, 7) is 3.05. The first-order valence-electron chi connectivity index (χ1n) is 8.13. The van der Waals surface area contributed by atoms with Crippen LogP contribution in [-0.4, -0.2) is 25.1 Å². The minimum absolute atomic E-state index is 0.194. The number of para-hydroxylation sites is 1. The summed E-state index contributed by atoms with van der Waals surface area (Å²) >= 11 is 17.7. The molecule has 1 amide bonds. The Morgan fingerprint density at radius 3 is 2.44 bits per heavy atom. The Balaban J connectivity index is 1.85. The van der Waals surface area contributed by atoms with Gasteiger partial charge in [-0.15, -0.1) is 0 Å². The average Bonchev–Trinajstić information content (AvgIpc) is 2.63. The van der Waals surface area contributed by atoms with Crippen molar-refractivity contribution in [3.63, 3.8) is 0 Å². The quantitative estimate of drug-likeness (QED) is 0.491. The number of anilines is 1. The number of hydrogen-bond donors (Lipinski definition) is 1. The highest BCUT2D eigenvalue weighted by molar-refractivity contribution is 6.43. The molecule has 0 aromatic heterocycles. The molecule has 0 bridgehead atoms. The minimum atomic E-state index is -0.715. The highest BCUT2D eigenvalue weighted by Gasteiger charge is 2.13. The van der Waals surface area contributed by atoms with E-state index in [1.807, 2.05) is 32.0 Å². The lowest BCUT2D eigenvalue weighted by Crippen LogP contribution is -2.24. The summed E-state index contributed by atoms with van der Waals surface area (Å²) in [7, 11) is 0. The molecule has 0 unspecified atom stereocenters. The van der Waals surface area contributed by atoms with Crippen molar-refractivity contribution in [2.45, 2.75) is 20.3 Å². The molecule has 0 aliphatic rings. The second-order valence-corrected chi connectivity index (χ2v) is 6.88. The van der Waals surface area contributed by atoms with Crippen molar-refractivity contribution in [1.82, 2.24) is 0 Å². The zero-order valence-electron chi connectivity index (χ0n) is 14.8. The van der Waals surface area contributed by atoms with Crippen LogP contribution in [0.5, 0.6) is 5.75 Å². The lowest BCUT2D eigenvalue weighted by molar-refractivity contribution is -0.149. The number of hydrogen-bond acceptors (Lipinski definition) is 4. The smallest absolute Gasteiger partial charge is 0.344 e. The van der Waals surface area contributed by atoms with Crippen LogP contribution >= 0.6 is 34.8 Å². The van der Waals surface area contributed by atoms with Crippen molar-refractivity contribution in [3.05, 3.63) is 56.5 Å². The summed E-state index contributed by atoms with van der Waals surface area (Å²) in [5.41, 5.74) is 2.68. The third kappa shape index (κ3) is 6.03. The van der Waals surface area contributed by atoms with E-state index in [1.165, 1.54) is 12.1 Å². The van der Waals surface area contributed by atoms with E-state index in [1.54, 1.807) is 0 Å². The zero-order chi connectivity index (χ0) is 20.0. The van der Waals surface area contributed by atoms with Gasteiger partial charge in [0.2, 0.25) is 0 Å². The molecule has 8 heteroatoms. The number of carbonyl (C=O) groups excluding carboxylic acids is 2. The van der Waals surface area contributed by atoms with E-state index < -0.39 is 25.1 Å². The van der Waals surface area contributed by atoms with Crippen LogP contribution in [0, 0.1) is 6.92 Å². The van der Waals surface area contributed by atoms with Gasteiger partial charge in [0.25, 0.3) is 5.91 Å². The molecule has 0 saturated carbocycles. The van der Waals surface area contributed by atoms with E-state index in [4.69, 9.17) is 44.3 Å². The van der Waals surface area contributed by atoms with Crippen LogP contribution < -0.4 is 10.1 Å². The molecule has 5 nitrogen and oxygen atoms in total. The molecule has 0 atom stereocenters. The second-order valence-electron chi connectivity index (χ2n) is 5.66. The van der Waals surface area contributed by atoms with E-state index >= 15 is 0 Å². The van der Waals surface area contributed by atoms with Gasteiger partial charge in [-0.05, 0) is 30.5 Å². The first-order chi connectivity index (χ1) is 12.8. The monoisotopic (exact) mass is 429 g/mol. The average molecular weight is 431 g/mol. The largest absolute Gasteiger partial charge is 0.480 e. The number of nitrogens with one attached hydrogen (secondary N) is 1. The fourth-order valence-corrected chi connectivity index (χ4v) is 2.91. The van der Waals surface area contributed by atoms with Crippen molar-refractivity contribution in [2.75, 3.05) is 18.5 Å². The van der Waals surface area contributed by atoms with E-state index in [0.29, 0.717) is 0 Å². The topological polar surface area (TPSA) is 64.6 Å². The zero-order valence-corrected chi connectivity index (χ0v) is 17.0. The van der Waals surface area contributed by atoms with Gasteiger partial charge in [-0.2, -0.15) is 0 Å². The van der Waals surface area contributed by atoms with E-state index in [-0.39, 0.29) is 20.8 Å². The number of ether oxygens (including phenoxy) is 2. The normalized spacial score (nSPS) is 10.4. The van der Waals surface area contributed by atoms with Crippen LogP contribution in [0.25, 0.3) is 0 Å². The van der Waals surface area contributed by atoms with E-state index in [2.05, 4.69) is 5.32 Å². The van der Waals surface area contributed by atoms with Crippen molar-refractivity contribution in [2.24, 2.45) is 0 Å². The Hall–Kier alpha value is -1.95. The molecule has 0 aliphatic heterocycles. The molecule has 0 saturated heterocycles. The summed E-state index contributed by atoms with van der Waals surface area (Å²) < 4.78 is 10.2. The lowest BCUT2D eigenvalue weighted by atomic mass is 10.1. The Kier molecular flexibility index (Phi) is 7.78. The maximum absolute atomic E-state index is 12.1.